The molecule has 0 fully saturated rings. The van der Waals surface area contributed by atoms with Gasteiger partial charge in [0.25, 0.3) is 0 Å². The van der Waals surface area contributed by atoms with Gasteiger partial charge in [-0.2, -0.15) is 5.10 Å². The standard InChI is InChI=1S/C9H13BN4/c1-11-5-4-8-12-9-7(10)3-2-6-14(9)13-8/h5,7H,2-4,6H2,1H3. The summed E-state index contributed by atoms with van der Waals surface area (Å²) in [4.78, 5) is 8.32. The summed E-state index contributed by atoms with van der Waals surface area (Å²) in [6.07, 6.45) is 4.62. The Bertz CT molecular complexity index is 345. The first kappa shape index (κ1) is 9.43. The van der Waals surface area contributed by atoms with Crippen LogP contribution in [0.2, 0.25) is 0 Å². The van der Waals surface area contributed by atoms with Crippen molar-refractivity contribution in [2.24, 2.45) is 4.99 Å². The predicted molar refractivity (Wildman–Crippen MR) is 55.9 cm³/mol. The molecule has 1 aromatic rings. The zero-order chi connectivity index (χ0) is 9.97. The first-order valence-corrected chi connectivity index (χ1v) is 4.91. The highest BCUT2D eigenvalue weighted by molar-refractivity contribution is 6.12. The van der Waals surface area contributed by atoms with Crippen LogP contribution in [0.1, 0.15) is 30.3 Å². The number of rotatable bonds is 2. The van der Waals surface area contributed by atoms with Crippen LogP contribution in [0.4, 0.5) is 0 Å². The Kier molecular flexibility index (Phi) is 2.66. The molecule has 1 aliphatic rings. The van der Waals surface area contributed by atoms with Gasteiger partial charge in [0.1, 0.15) is 5.82 Å². The van der Waals surface area contributed by atoms with E-state index < -0.39 is 0 Å². The Hall–Kier alpha value is -1.13. The summed E-state index contributed by atoms with van der Waals surface area (Å²) < 4.78 is 1.92. The van der Waals surface area contributed by atoms with E-state index in [4.69, 9.17) is 7.85 Å². The lowest BCUT2D eigenvalue weighted by molar-refractivity contribution is 0.469. The Morgan fingerprint density at radius 2 is 2.57 bits per heavy atom. The van der Waals surface area contributed by atoms with Gasteiger partial charge in [-0.05, 0) is 18.7 Å². The minimum absolute atomic E-state index is 0.0589. The van der Waals surface area contributed by atoms with Crippen molar-refractivity contribution in [2.75, 3.05) is 7.05 Å². The highest BCUT2D eigenvalue weighted by Gasteiger charge is 2.19. The van der Waals surface area contributed by atoms with Gasteiger partial charge in [0.2, 0.25) is 0 Å². The van der Waals surface area contributed by atoms with Crippen LogP contribution in [-0.4, -0.2) is 35.9 Å². The molecular formula is C9H13BN4. The Balaban J connectivity index is 2.21. The maximum Gasteiger partial charge on any atom is 0.156 e. The van der Waals surface area contributed by atoms with Crippen LogP contribution in [0.15, 0.2) is 4.99 Å². The van der Waals surface area contributed by atoms with E-state index in [1.165, 1.54) is 0 Å². The van der Waals surface area contributed by atoms with Crippen molar-refractivity contribution in [3.63, 3.8) is 0 Å². The third-order valence-corrected chi connectivity index (χ3v) is 2.42. The molecule has 1 unspecified atom stereocenters. The molecular weight excluding hydrogens is 175 g/mol. The Morgan fingerprint density at radius 3 is 3.29 bits per heavy atom. The summed E-state index contributed by atoms with van der Waals surface area (Å²) in [5.41, 5.74) is 0. The third-order valence-electron chi connectivity index (χ3n) is 2.42. The highest BCUT2D eigenvalue weighted by atomic mass is 15.4. The molecule has 2 heterocycles. The van der Waals surface area contributed by atoms with E-state index in [9.17, 15) is 0 Å². The molecule has 14 heavy (non-hydrogen) atoms. The minimum atomic E-state index is 0.0589. The van der Waals surface area contributed by atoms with Crippen LogP contribution in [0.3, 0.4) is 0 Å². The first-order chi connectivity index (χ1) is 6.81. The van der Waals surface area contributed by atoms with Crippen molar-refractivity contribution in [3.05, 3.63) is 11.6 Å². The van der Waals surface area contributed by atoms with Crippen LogP contribution in [0.25, 0.3) is 0 Å². The molecule has 0 saturated heterocycles. The molecule has 0 aromatic carbocycles. The fourth-order valence-corrected chi connectivity index (χ4v) is 1.69. The van der Waals surface area contributed by atoms with E-state index in [-0.39, 0.29) is 5.82 Å². The van der Waals surface area contributed by atoms with E-state index in [0.717, 1.165) is 31.0 Å². The summed E-state index contributed by atoms with van der Waals surface area (Å²) >= 11 is 0. The average molecular weight is 188 g/mol. The third kappa shape index (κ3) is 1.71. The van der Waals surface area contributed by atoms with Gasteiger partial charge in [0.05, 0.1) is 7.85 Å². The largest absolute Gasteiger partial charge is 0.300 e. The topological polar surface area (TPSA) is 43.1 Å². The molecule has 0 bridgehead atoms. The van der Waals surface area contributed by atoms with E-state index in [1.54, 1.807) is 7.05 Å². The van der Waals surface area contributed by atoms with E-state index >= 15 is 0 Å². The summed E-state index contributed by atoms with van der Waals surface area (Å²) in [7, 11) is 7.68. The van der Waals surface area contributed by atoms with Gasteiger partial charge in [0.15, 0.2) is 5.82 Å². The maximum atomic E-state index is 5.93. The van der Waals surface area contributed by atoms with Crippen molar-refractivity contribution >= 4 is 14.1 Å². The molecule has 2 radical (unpaired) electrons. The van der Waals surface area contributed by atoms with Gasteiger partial charge in [-0.25, -0.2) is 4.98 Å². The monoisotopic (exact) mass is 188 g/mol. The number of aryl methyl sites for hydroxylation is 1. The molecule has 4 nitrogen and oxygen atoms in total. The summed E-state index contributed by atoms with van der Waals surface area (Å²) in [5, 5.41) is 4.37. The van der Waals surface area contributed by atoms with Crippen LogP contribution < -0.4 is 0 Å². The molecule has 0 spiro atoms. The average Bonchev–Trinajstić information content (AvgIpc) is 2.59. The van der Waals surface area contributed by atoms with Crippen molar-refractivity contribution in [1.82, 2.24) is 14.8 Å². The summed E-state index contributed by atoms with van der Waals surface area (Å²) in [6, 6.07) is 0. The number of fused-ring (bicyclic) bond motifs is 1. The number of hydrogen-bond acceptors (Lipinski definition) is 3. The highest BCUT2D eigenvalue weighted by Crippen LogP contribution is 2.21. The number of hydrogen-bond donors (Lipinski definition) is 0. The van der Waals surface area contributed by atoms with Gasteiger partial charge in [0, 0.05) is 26.2 Å². The molecule has 5 heteroatoms. The molecule has 2 rings (SSSR count). The fourth-order valence-electron chi connectivity index (χ4n) is 1.69. The first-order valence-electron chi connectivity index (χ1n) is 4.91. The molecule has 1 atom stereocenters. The lowest BCUT2D eigenvalue weighted by Gasteiger charge is -2.17. The smallest absolute Gasteiger partial charge is 0.156 e. The van der Waals surface area contributed by atoms with Crippen LogP contribution in [0, 0.1) is 0 Å². The molecule has 1 aliphatic heterocycles. The molecule has 0 saturated carbocycles. The van der Waals surface area contributed by atoms with Crippen molar-refractivity contribution in [2.45, 2.75) is 31.6 Å². The lowest BCUT2D eigenvalue weighted by Crippen LogP contribution is -2.16. The van der Waals surface area contributed by atoms with Crippen LogP contribution in [0.5, 0.6) is 0 Å². The SMILES string of the molecule is [B]C1CCCn2nc(CC=NC)nc21. The van der Waals surface area contributed by atoms with E-state index in [0.29, 0.717) is 6.42 Å². The predicted octanol–water partition coefficient (Wildman–Crippen LogP) is 0.525. The lowest BCUT2D eigenvalue weighted by atomic mass is 9.81. The van der Waals surface area contributed by atoms with E-state index in [1.807, 2.05) is 10.9 Å². The van der Waals surface area contributed by atoms with Crippen molar-refractivity contribution in [3.8, 4) is 0 Å². The van der Waals surface area contributed by atoms with Gasteiger partial charge in [-0.15, -0.1) is 0 Å². The van der Waals surface area contributed by atoms with Crippen LogP contribution >= 0.6 is 0 Å². The molecule has 0 N–H and O–H groups in total. The van der Waals surface area contributed by atoms with Gasteiger partial charge >= 0.3 is 0 Å². The Morgan fingerprint density at radius 1 is 1.71 bits per heavy atom. The number of nitrogens with zero attached hydrogens (tertiary/aromatic N) is 4. The quantitative estimate of drug-likeness (QED) is 0.501. The zero-order valence-corrected chi connectivity index (χ0v) is 8.35. The van der Waals surface area contributed by atoms with Crippen molar-refractivity contribution < 1.29 is 0 Å². The second-order valence-electron chi connectivity index (χ2n) is 3.50. The summed E-state index contributed by atoms with van der Waals surface area (Å²) in [5.74, 6) is 1.81. The second-order valence-corrected chi connectivity index (χ2v) is 3.50. The Labute approximate surface area is 84.9 Å². The van der Waals surface area contributed by atoms with Crippen molar-refractivity contribution in [1.29, 1.82) is 0 Å². The molecule has 1 aromatic heterocycles. The molecule has 0 amide bonds. The van der Waals surface area contributed by atoms with Crippen LogP contribution in [-0.2, 0) is 13.0 Å². The van der Waals surface area contributed by atoms with E-state index in [2.05, 4.69) is 15.1 Å². The summed E-state index contributed by atoms with van der Waals surface area (Å²) in [6.45, 7) is 0.944. The number of aromatic nitrogens is 3. The molecule has 72 valence electrons. The fraction of sp³-hybridized carbons (Fsp3) is 0.667. The van der Waals surface area contributed by atoms with Gasteiger partial charge < -0.3 is 4.99 Å². The second kappa shape index (κ2) is 3.94. The number of aliphatic imine (C=N–C) groups is 1. The van der Waals surface area contributed by atoms with Gasteiger partial charge in [-0.1, -0.05) is 0 Å². The maximum absolute atomic E-state index is 5.93. The minimum Gasteiger partial charge on any atom is -0.300 e. The zero-order valence-electron chi connectivity index (χ0n) is 8.35. The van der Waals surface area contributed by atoms with Gasteiger partial charge in [-0.3, -0.25) is 4.68 Å². The molecule has 0 aliphatic carbocycles. The normalized spacial score (nSPS) is 21.4.